The molecule has 0 spiro atoms. The topological polar surface area (TPSA) is 0 Å². The Balaban J connectivity index is 4.49. The van der Waals surface area contributed by atoms with E-state index in [-0.39, 0.29) is 0 Å². The molecular formula is C15H26Si. The van der Waals surface area contributed by atoms with E-state index in [1.807, 2.05) is 0 Å². The summed E-state index contributed by atoms with van der Waals surface area (Å²) in [5, 5.41) is 0. The molecule has 0 aliphatic rings. The van der Waals surface area contributed by atoms with Crippen molar-refractivity contribution in [1.82, 2.24) is 0 Å². The van der Waals surface area contributed by atoms with Crippen molar-refractivity contribution in [1.29, 1.82) is 0 Å². The Bertz CT molecular complexity index is 299. The van der Waals surface area contributed by atoms with E-state index >= 15 is 0 Å². The van der Waals surface area contributed by atoms with Crippen LogP contribution in [0.4, 0.5) is 0 Å². The van der Waals surface area contributed by atoms with Gasteiger partial charge in [0.2, 0.25) is 0 Å². The summed E-state index contributed by atoms with van der Waals surface area (Å²) in [6.45, 7) is 13.4. The molecule has 0 unspecified atom stereocenters. The van der Waals surface area contributed by atoms with Crippen LogP contribution >= 0.6 is 0 Å². The van der Waals surface area contributed by atoms with Crippen molar-refractivity contribution in [3.05, 3.63) is 0 Å². The van der Waals surface area contributed by atoms with Gasteiger partial charge in [-0.15, -0.1) is 5.54 Å². The second-order valence-electron chi connectivity index (χ2n) is 5.63. The fourth-order valence-corrected chi connectivity index (χ4v) is 3.89. The molecule has 0 aliphatic carbocycles. The zero-order chi connectivity index (χ0) is 12.7. The summed E-state index contributed by atoms with van der Waals surface area (Å²) in [7, 11) is -1.28. The van der Waals surface area contributed by atoms with Crippen molar-refractivity contribution in [2.75, 3.05) is 0 Å². The van der Waals surface area contributed by atoms with E-state index in [0.717, 1.165) is 6.42 Å². The lowest BCUT2D eigenvalue weighted by molar-refractivity contribution is 0.428. The van der Waals surface area contributed by atoms with Gasteiger partial charge in [0, 0.05) is 6.42 Å². The predicted molar refractivity (Wildman–Crippen MR) is 76.8 cm³/mol. The molecule has 0 atom stereocenters. The SMILES string of the molecule is CC[Si](C#CC#CCC(C)(C)C)(CC)CC. The molecule has 0 bridgehead atoms. The van der Waals surface area contributed by atoms with Crippen LogP contribution in [0.3, 0.4) is 0 Å². The van der Waals surface area contributed by atoms with Gasteiger partial charge >= 0.3 is 0 Å². The average Bonchev–Trinajstić information content (AvgIpc) is 2.23. The third kappa shape index (κ3) is 6.04. The Morgan fingerprint density at radius 3 is 1.75 bits per heavy atom. The normalized spacial score (nSPS) is 11.1. The van der Waals surface area contributed by atoms with Crippen LogP contribution in [0, 0.1) is 28.7 Å². The van der Waals surface area contributed by atoms with Crippen LogP contribution in [0.5, 0.6) is 0 Å². The summed E-state index contributed by atoms with van der Waals surface area (Å²) in [5.41, 5.74) is 3.78. The van der Waals surface area contributed by atoms with Crippen molar-refractivity contribution >= 4 is 8.07 Å². The Labute approximate surface area is 103 Å². The van der Waals surface area contributed by atoms with E-state index in [2.05, 4.69) is 64.8 Å². The van der Waals surface area contributed by atoms with Gasteiger partial charge in [-0.25, -0.2) is 0 Å². The van der Waals surface area contributed by atoms with Gasteiger partial charge in [-0.05, 0) is 35.4 Å². The highest BCUT2D eigenvalue weighted by molar-refractivity contribution is 6.87. The van der Waals surface area contributed by atoms with Crippen LogP contribution in [0.25, 0.3) is 0 Å². The molecule has 16 heavy (non-hydrogen) atoms. The van der Waals surface area contributed by atoms with Crippen LogP contribution in [0.1, 0.15) is 48.0 Å². The predicted octanol–water partition coefficient (Wildman–Crippen LogP) is 4.48. The molecule has 1 heteroatoms. The van der Waals surface area contributed by atoms with Crippen molar-refractivity contribution < 1.29 is 0 Å². The van der Waals surface area contributed by atoms with Crippen LogP contribution in [-0.2, 0) is 0 Å². The standard InChI is InChI=1S/C15H26Si/c1-7-16(8-2,9-3)14-12-10-11-13-15(4,5)6/h7-9,13H2,1-6H3. The zero-order valence-corrected chi connectivity index (χ0v) is 12.8. The highest BCUT2D eigenvalue weighted by Gasteiger charge is 2.23. The lowest BCUT2D eigenvalue weighted by Crippen LogP contribution is -2.29. The summed E-state index contributed by atoms with van der Waals surface area (Å²) in [6.07, 6.45) is 0.931. The van der Waals surface area contributed by atoms with Gasteiger partial charge in [-0.3, -0.25) is 0 Å². The van der Waals surface area contributed by atoms with E-state index in [1.54, 1.807) is 0 Å². The van der Waals surface area contributed by atoms with Crippen LogP contribution < -0.4 is 0 Å². The Morgan fingerprint density at radius 1 is 0.875 bits per heavy atom. The molecule has 0 aromatic rings. The lowest BCUT2D eigenvalue weighted by atomic mass is 9.93. The molecule has 0 aromatic carbocycles. The molecule has 0 fully saturated rings. The molecule has 0 rings (SSSR count). The summed E-state index contributed by atoms with van der Waals surface area (Å²) < 4.78 is 0. The smallest absolute Gasteiger partial charge is 0.117 e. The first-order chi connectivity index (χ1) is 7.39. The van der Waals surface area contributed by atoms with Gasteiger partial charge in [0.25, 0.3) is 0 Å². The van der Waals surface area contributed by atoms with Crippen LogP contribution in [-0.4, -0.2) is 8.07 Å². The highest BCUT2D eigenvalue weighted by atomic mass is 28.3. The third-order valence-electron chi connectivity index (χ3n) is 3.13. The second kappa shape index (κ2) is 6.82. The molecule has 90 valence electrons. The molecule has 0 saturated carbocycles. The minimum atomic E-state index is -1.28. The van der Waals surface area contributed by atoms with Gasteiger partial charge in [-0.1, -0.05) is 47.5 Å². The minimum Gasteiger partial charge on any atom is -0.117 e. The maximum absolute atomic E-state index is 3.48. The molecule has 0 N–H and O–H groups in total. The lowest BCUT2D eigenvalue weighted by Gasteiger charge is -2.19. The summed E-state index contributed by atoms with van der Waals surface area (Å²) >= 11 is 0. The molecule has 0 heterocycles. The van der Waals surface area contributed by atoms with Crippen molar-refractivity contribution in [3.63, 3.8) is 0 Å². The first kappa shape index (κ1) is 15.3. The summed E-state index contributed by atoms with van der Waals surface area (Å²) in [6, 6.07) is 3.77. The largest absolute Gasteiger partial charge is 0.139 e. The van der Waals surface area contributed by atoms with Crippen molar-refractivity contribution in [2.24, 2.45) is 5.41 Å². The zero-order valence-electron chi connectivity index (χ0n) is 11.8. The third-order valence-corrected chi connectivity index (χ3v) is 7.84. The van der Waals surface area contributed by atoms with E-state index in [1.165, 1.54) is 18.1 Å². The Kier molecular flexibility index (Phi) is 6.54. The quantitative estimate of drug-likeness (QED) is 0.499. The molecule has 0 saturated heterocycles. The van der Waals surface area contributed by atoms with Gasteiger partial charge in [-0.2, -0.15) is 0 Å². The minimum absolute atomic E-state index is 0.295. The average molecular weight is 234 g/mol. The first-order valence-corrected chi connectivity index (χ1v) is 9.01. The monoisotopic (exact) mass is 234 g/mol. The van der Waals surface area contributed by atoms with E-state index in [9.17, 15) is 0 Å². The van der Waals surface area contributed by atoms with Crippen molar-refractivity contribution in [2.45, 2.75) is 66.1 Å². The van der Waals surface area contributed by atoms with Crippen molar-refractivity contribution in [3.8, 4) is 23.3 Å². The number of hydrogen-bond acceptors (Lipinski definition) is 0. The van der Waals surface area contributed by atoms with E-state index in [4.69, 9.17) is 0 Å². The van der Waals surface area contributed by atoms with Gasteiger partial charge in [0.05, 0.1) is 0 Å². The van der Waals surface area contributed by atoms with Crippen LogP contribution in [0.2, 0.25) is 18.1 Å². The maximum atomic E-state index is 3.48. The van der Waals surface area contributed by atoms with Gasteiger partial charge in [0.15, 0.2) is 0 Å². The van der Waals surface area contributed by atoms with E-state index in [0.29, 0.717) is 5.41 Å². The van der Waals surface area contributed by atoms with Gasteiger partial charge in [0.1, 0.15) is 8.07 Å². The van der Waals surface area contributed by atoms with Crippen LogP contribution in [0.15, 0.2) is 0 Å². The van der Waals surface area contributed by atoms with E-state index < -0.39 is 8.07 Å². The Hall–Kier alpha value is -0.663. The fourth-order valence-electron chi connectivity index (χ4n) is 1.53. The highest BCUT2D eigenvalue weighted by Crippen LogP contribution is 2.18. The second-order valence-corrected chi connectivity index (χ2v) is 10.6. The Morgan fingerprint density at radius 2 is 1.38 bits per heavy atom. The molecule has 0 amide bonds. The molecule has 0 aliphatic heterocycles. The number of rotatable bonds is 3. The molecule has 0 radical (unpaired) electrons. The molecular weight excluding hydrogens is 208 g/mol. The number of hydrogen-bond donors (Lipinski definition) is 0. The summed E-state index contributed by atoms with van der Waals surface area (Å²) in [4.78, 5) is 0. The molecule has 0 nitrogen and oxygen atoms in total. The maximum Gasteiger partial charge on any atom is 0.139 e. The molecule has 0 aromatic heterocycles. The summed E-state index contributed by atoms with van der Waals surface area (Å²) in [5.74, 6) is 9.29. The first-order valence-electron chi connectivity index (χ1n) is 6.39. The fraction of sp³-hybridized carbons (Fsp3) is 0.733. The van der Waals surface area contributed by atoms with Gasteiger partial charge < -0.3 is 0 Å².